The third-order valence-corrected chi connectivity index (χ3v) is 3.16. The fourth-order valence-corrected chi connectivity index (χ4v) is 2.19. The molecule has 6 heteroatoms. The molecule has 2 rings (SSSR count). The van der Waals surface area contributed by atoms with Crippen molar-refractivity contribution >= 4 is 23.2 Å². The quantitative estimate of drug-likeness (QED) is 0.908. The standard InChI is InChI=1S/C12H13Cl2N3O/c1-17-10(2-3-16-17)7-15-6-8-4-9(13)5-11(14)12(8)18/h2-5,15,18H,6-7H2,1H3. The van der Waals surface area contributed by atoms with Gasteiger partial charge in [-0.05, 0) is 18.2 Å². The Morgan fingerprint density at radius 3 is 2.78 bits per heavy atom. The molecule has 1 heterocycles. The molecule has 2 aromatic rings. The molecule has 96 valence electrons. The number of phenolic OH excluding ortho intramolecular Hbond substituents is 1. The smallest absolute Gasteiger partial charge is 0.138 e. The SMILES string of the molecule is Cn1nccc1CNCc1cc(Cl)cc(Cl)c1O. The third kappa shape index (κ3) is 2.96. The summed E-state index contributed by atoms with van der Waals surface area (Å²) in [4.78, 5) is 0. The van der Waals surface area contributed by atoms with Crippen molar-refractivity contribution in [3.63, 3.8) is 0 Å². The highest BCUT2D eigenvalue weighted by molar-refractivity contribution is 6.35. The Bertz CT molecular complexity index is 554. The van der Waals surface area contributed by atoms with Gasteiger partial charge in [0.05, 0.1) is 10.7 Å². The molecule has 0 amide bonds. The predicted molar refractivity (Wildman–Crippen MR) is 71.9 cm³/mol. The lowest BCUT2D eigenvalue weighted by Crippen LogP contribution is -2.15. The maximum atomic E-state index is 9.79. The van der Waals surface area contributed by atoms with Crippen molar-refractivity contribution in [2.24, 2.45) is 7.05 Å². The first-order valence-corrected chi connectivity index (χ1v) is 6.18. The van der Waals surface area contributed by atoms with Crippen molar-refractivity contribution in [2.75, 3.05) is 0 Å². The summed E-state index contributed by atoms with van der Waals surface area (Å²) in [7, 11) is 1.88. The summed E-state index contributed by atoms with van der Waals surface area (Å²) in [5.41, 5.74) is 1.73. The van der Waals surface area contributed by atoms with Crippen molar-refractivity contribution in [3.8, 4) is 5.75 Å². The van der Waals surface area contributed by atoms with Crippen LogP contribution in [-0.4, -0.2) is 14.9 Å². The number of nitrogens with zero attached hydrogens (tertiary/aromatic N) is 2. The Kier molecular flexibility index (Phi) is 4.11. The first kappa shape index (κ1) is 13.2. The van der Waals surface area contributed by atoms with Crippen molar-refractivity contribution in [1.82, 2.24) is 15.1 Å². The fraction of sp³-hybridized carbons (Fsp3) is 0.250. The second-order valence-electron chi connectivity index (χ2n) is 3.95. The van der Waals surface area contributed by atoms with Gasteiger partial charge in [0, 0.05) is 36.9 Å². The Balaban J connectivity index is 2.01. The maximum absolute atomic E-state index is 9.79. The fourth-order valence-electron chi connectivity index (χ4n) is 1.65. The van der Waals surface area contributed by atoms with Gasteiger partial charge in [0.25, 0.3) is 0 Å². The van der Waals surface area contributed by atoms with E-state index in [1.807, 2.05) is 13.1 Å². The minimum Gasteiger partial charge on any atom is -0.506 e. The molecule has 18 heavy (non-hydrogen) atoms. The van der Waals surface area contributed by atoms with Crippen molar-refractivity contribution in [1.29, 1.82) is 0 Å². The minimum absolute atomic E-state index is 0.0681. The van der Waals surface area contributed by atoms with E-state index in [2.05, 4.69) is 10.4 Å². The number of aromatic nitrogens is 2. The molecule has 0 bridgehead atoms. The summed E-state index contributed by atoms with van der Waals surface area (Å²) < 4.78 is 1.79. The third-order valence-electron chi connectivity index (χ3n) is 2.65. The molecule has 0 radical (unpaired) electrons. The lowest BCUT2D eigenvalue weighted by Gasteiger charge is -2.09. The van der Waals surface area contributed by atoms with Gasteiger partial charge in [-0.15, -0.1) is 0 Å². The molecular weight excluding hydrogens is 273 g/mol. The average molecular weight is 286 g/mol. The number of rotatable bonds is 4. The molecule has 2 N–H and O–H groups in total. The van der Waals surface area contributed by atoms with Gasteiger partial charge < -0.3 is 10.4 Å². The second-order valence-corrected chi connectivity index (χ2v) is 4.79. The van der Waals surface area contributed by atoms with E-state index in [4.69, 9.17) is 23.2 Å². The zero-order chi connectivity index (χ0) is 13.1. The summed E-state index contributed by atoms with van der Waals surface area (Å²) in [5.74, 6) is 0.0681. The molecule has 0 spiro atoms. The summed E-state index contributed by atoms with van der Waals surface area (Å²) in [5, 5.41) is 17.8. The summed E-state index contributed by atoms with van der Waals surface area (Å²) in [6.07, 6.45) is 1.74. The van der Waals surface area contributed by atoms with Crippen LogP contribution in [0.15, 0.2) is 24.4 Å². The van der Waals surface area contributed by atoms with Gasteiger partial charge in [0.1, 0.15) is 5.75 Å². The number of benzene rings is 1. The number of hydrogen-bond acceptors (Lipinski definition) is 3. The van der Waals surface area contributed by atoms with Crippen LogP contribution in [-0.2, 0) is 20.1 Å². The zero-order valence-electron chi connectivity index (χ0n) is 9.82. The highest BCUT2D eigenvalue weighted by atomic mass is 35.5. The number of nitrogens with one attached hydrogen (secondary N) is 1. The largest absolute Gasteiger partial charge is 0.506 e. The van der Waals surface area contributed by atoms with E-state index in [1.165, 1.54) is 6.07 Å². The Morgan fingerprint density at radius 2 is 2.11 bits per heavy atom. The Labute approximate surface area is 115 Å². The average Bonchev–Trinajstić information content (AvgIpc) is 2.71. The van der Waals surface area contributed by atoms with Gasteiger partial charge in [0.15, 0.2) is 0 Å². The monoisotopic (exact) mass is 285 g/mol. The predicted octanol–water partition coefficient (Wildman–Crippen LogP) is 2.72. The van der Waals surface area contributed by atoms with Crippen LogP contribution in [0.4, 0.5) is 0 Å². The molecular formula is C12H13Cl2N3O. The number of aryl methyl sites for hydroxylation is 1. The summed E-state index contributed by atoms with van der Waals surface area (Å²) >= 11 is 11.7. The van der Waals surface area contributed by atoms with Crippen LogP contribution in [0.2, 0.25) is 10.0 Å². The summed E-state index contributed by atoms with van der Waals surface area (Å²) in [6.45, 7) is 1.14. The van der Waals surface area contributed by atoms with Gasteiger partial charge in [-0.2, -0.15) is 5.10 Å². The molecule has 0 fully saturated rings. The molecule has 0 saturated heterocycles. The van der Waals surface area contributed by atoms with Crippen molar-refractivity contribution in [3.05, 3.63) is 45.7 Å². The molecule has 1 aromatic heterocycles. The molecule has 0 aliphatic carbocycles. The maximum Gasteiger partial charge on any atom is 0.138 e. The van der Waals surface area contributed by atoms with Gasteiger partial charge in [-0.3, -0.25) is 4.68 Å². The van der Waals surface area contributed by atoms with E-state index in [0.29, 0.717) is 23.7 Å². The van der Waals surface area contributed by atoms with E-state index in [0.717, 1.165) is 5.69 Å². The van der Waals surface area contributed by atoms with Crippen LogP contribution in [0.5, 0.6) is 5.75 Å². The van der Waals surface area contributed by atoms with Crippen LogP contribution >= 0.6 is 23.2 Å². The number of halogens is 2. The van der Waals surface area contributed by atoms with E-state index >= 15 is 0 Å². The van der Waals surface area contributed by atoms with E-state index in [-0.39, 0.29) is 10.8 Å². The second kappa shape index (κ2) is 5.61. The van der Waals surface area contributed by atoms with Gasteiger partial charge >= 0.3 is 0 Å². The van der Waals surface area contributed by atoms with Crippen LogP contribution in [0, 0.1) is 0 Å². The van der Waals surface area contributed by atoms with Gasteiger partial charge in [-0.25, -0.2) is 0 Å². The molecule has 4 nitrogen and oxygen atoms in total. The van der Waals surface area contributed by atoms with E-state index in [1.54, 1.807) is 16.9 Å². The molecule has 0 unspecified atom stereocenters. The molecule has 0 saturated carbocycles. The van der Waals surface area contributed by atoms with Crippen LogP contribution < -0.4 is 5.32 Å². The normalized spacial score (nSPS) is 10.8. The van der Waals surface area contributed by atoms with Gasteiger partial charge in [-0.1, -0.05) is 23.2 Å². The Hall–Kier alpha value is -1.23. The first-order valence-electron chi connectivity index (χ1n) is 5.42. The number of hydrogen-bond donors (Lipinski definition) is 2. The molecule has 1 aromatic carbocycles. The Morgan fingerprint density at radius 1 is 1.33 bits per heavy atom. The van der Waals surface area contributed by atoms with Crippen LogP contribution in [0.25, 0.3) is 0 Å². The molecule has 0 atom stereocenters. The zero-order valence-corrected chi connectivity index (χ0v) is 11.3. The van der Waals surface area contributed by atoms with E-state index in [9.17, 15) is 5.11 Å². The van der Waals surface area contributed by atoms with Crippen molar-refractivity contribution in [2.45, 2.75) is 13.1 Å². The highest BCUT2D eigenvalue weighted by Crippen LogP contribution is 2.30. The topological polar surface area (TPSA) is 50.1 Å². The van der Waals surface area contributed by atoms with Crippen LogP contribution in [0.1, 0.15) is 11.3 Å². The molecule has 0 aliphatic heterocycles. The minimum atomic E-state index is 0.0681. The highest BCUT2D eigenvalue weighted by Gasteiger charge is 2.07. The van der Waals surface area contributed by atoms with Gasteiger partial charge in [0.2, 0.25) is 0 Å². The lowest BCUT2D eigenvalue weighted by molar-refractivity contribution is 0.464. The number of phenols is 1. The van der Waals surface area contributed by atoms with Crippen LogP contribution in [0.3, 0.4) is 0 Å². The molecule has 0 aliphatic rings. The lowest BCUT2D eigenvalue weighted by atomic mass is 10.2. The first-order chi connectivity index (χ1) is 8.58. The summed E-state index contributed by atoms with van der Waals surface area (Å²) in [6, 6.07) is 5.14. The number of aromatic hydroxyl groups is 1. The van der Waals surface area contributed by atoms with E-state index < -0.39 is 0 Å². The van der Waals surface area contributed by atoms with Crippen molar-refractivity contribution < 1.29 is 5.11 Å².